The van der Waals surface area contributed by atoms with Gasteiger partial charge >= 0.3 is 0 Å². The molecule has 1 fully saturated rings. The van der Waals surface area contributed by atoms with Gasteiger partial charge in [0.25, 0.3) is 0 Å². The molecule has 2 atom stereocenters. The van der Waals surface area contributed by atoms with Crippen molar-refractivity contribution in [3.05, 3.63) is 29.8 Å². The number of likely N-dealkylation sites (N-methyl/N-ethyl adjacent to an activating group) is 1. The lowest BCUT2D eigenvalue weighted by Crippen LogP contribution is -2.48. The molecule has 0 saturated carbocycles. The Morgan fingerprint density at radius 1 is 1.20 bits per heavy atom. The van der Waals surface area contributed by atoms with Crippen molar-refractivity contribution in [2.75, 3.05) is 53.5 Å². The summed E-state index contributed by atoms with van der Waals surface area (Å²) in [5, 5.41) is 3.15. The van der Waals surface area contributed by atoms with E-state index in [-0.39, 0.29) is 11.9 Å². The molecule has 1 aromatic carbocycles. The van der Waals surface area contributed by atoms with Gasteiger partial charge in [0.1, 0.15) is 11.9 Å². The molecular weight excluding hydrogens is 318 g/mol. The summed E-state index contributed by atoms with van der Waals surface area (Å²) in [5.41, 5.74) is 1.08. The quantitative estimate of drug-likeness (QED) is 0.771. The number of nitrogens with zero attached hydrogens (tertiary/aromatic N) is 2. The SMILES string of the molecule is CCO[C@@H](C)C(=O)N[C@@H](CN1CCN(C)CC1)c1ccc(OC)cc1. The summed E-state index contributed by atoms with van der Waals surface area (Å²) in [5.74, 6) is 0.743. The molecule has 6 heteroatoms. The third kappa shape index (κ3) is 5.99. The lowest BCUT2D eigenvalue weighted by atomic mass is 10.0. The monoisotopic (exact) mass is 349 g/mol. The molecule has 1 N–H and O–H groups in total. The van der Waals surface area contributed by atoms with Crippen LogP contribution in [0.25, 0.3) is 0 Å². The Morgan fingerprint density at radius 2 is 1.84 bits per heavy atom. The number of hydrogen-bond donors (Lipinski definition) is 1. The summed E-state index contributed by atoms with van der Waals surface area (Å²) in [7, 11) is 3.80. The van der Waals surface area contributed by atoms with Crippen molar-refractivity contribution < 1.29 is 14.3 Å². The number of benzene rings is 1. The van der Waals surface area contributed by atoms with Gasteiger partial charge in [-0.25, -0.2) is 0 Å². The summed E-state index contributed by atoms with van der Waals surface area (Å²) in [4.78, 5) is 17.2. The highest BCUT2D eigenvalue weighted by atomic mass is 16.5. The maximum Gasteiger partial charge on any atom is 0.249 e. The predicted molar refractivity (Wildman–Crippen MR) is 98.9 cm³/mol. The van der Waals surface area contributed by atoms with Gasteiger partial charge < -0.3 is 19.7 Å². The number of amides is 1. The predicted octanol–water partition coefficient (Wildman–Crippen LogP) is 1.52. The van der Waals surface area contributed by atoms with Gasteiger partial charge in [-0.3, -0.25) is 9.69 Å². The highest BCUT2D eigenvalue weighted by molar-refractivity contribution is 5.80. The molecule has 0 spiro atoms. The highest BCUT2D eigenvalue weighted by Crippen LogP contribution is 2.20. The first-order chi connectivity index (χ1) is 12.0. The molecule has 1 aliphatic heterocycles. The van der Waals surface area contributed by atoms with Crippen molar-refractivity contribution in [1.82, 2.24) is 15.1 Å². The molecule has 140 valence electrons. The van der Waals surface area contributed by atoms with Crippen molar-refractivity contribution in [3.8, 4) is 5.75 Å². The van der Waals surface area contributed by atoms with Gasteiger partial charge in [-0.15, -0.1) is 0 Å². The molecule has 0 aliphatic carbocycles. The van der Waals surface area contributed by atoms with E-state index >= 15 is 0 Å². The van der Waals surface area contributed by atoms with Gasteiger partial charge in [0.05, 0.1) is 13.2 Å². The first-order valence-electron chi connectivity index (χ1n) is 9.00. The van der Waals surface area contributed by atoms with Gasteiger partial charge in [-0.2, -0.15) is 0 Å². The Hall–Kier alpha value is -1.63. The van der Waals surface area contributed by atoms with Crippen molar-refractivity contribution in [3.63, 3.8) is 0 Å². The highest BCUT2D eigenvalue weighted by Gasteiger charge is 2.23. The standard InChI is InChI=1S/C19H31N3O3/c1-5-25-15(2)19(23)20-18(14-22-12-10-21(3)11-13-22)16-6-8-17(24-4)9-7-16/h6-9,15,18H,5,10-14H2,1-4H3,(H,20,23)/t15-,18-/m0/s1. The lowest BCUT2D eigenvalue weighted by molar-refractivity contribution is -0.132. The molecular formula is C19H31N3O3. The van der Waals surface area contributed by atoms with Crippen LogP contribution in [-0.4, -0.2) is 75.3 Å². The van der Waals surface area contributed by atoms with E-state index in [1.165, 1.54) is 0 Å². The number of carbonyl (C=O) groups excluding carboxylic acids is 1. The normalized spacial score (nSPS) is 18.6. The first-order valence-corrected chi connectivity index (χ1v) is 9.00. The molecule has 0 radical (unpaired) electrons. The first kappa shape index (κ1) is 19.7. The Labute approximate surface area is 151 Å². The number of ether oxygens (including phenoxy) is 2. The maximum absolute atomic E-state index is 12.4. The van der Waals surface area contributed by atoms with Gasteiger partial charge in [0.15, 0.2) is 0 Å². The number of methoxy groups -OCH3 is 1. The molecule has 6 nitrogen and oxygen atoms in total. The number of piperazine rings is 1. The van der Waals surface area contributed by atoms with Crippen molar-refractivity contribution >= 4 is 5.91 Å². The summed E-state index contributed by atoms with van der Waals surface area (Å²) in [6.07, 6.45) is -0.446. The zero-order valence-corrected chi connectivity index (χ0v) is 15.8. The fourth-order valence-corrected chi connectivity index (χ4v) is 2.97. The van der Waals surface area contributed by atoms with Crippen LogP contribution in [0.1, 0.15) is 25.5 Å². The van der Waals surface area contributed by atoms with E-state index in [0.717, 1.165) is 44.0 Å². The number of rotatable bonds is 8. The Balaban J connectivity index is 2.08. The van der Waals surface area contributed by atoms with E-state index in [9.17, 15) is 4.79 Å². The van der Waals surface area contributed by atoms with Crippen molar-refractivity contribution in [1.29, 1.82) is 0 Å². The summed E-state index contributed by atoms with van der Waals surface area (Å²) < 4.78 is 10.7. The van der Waals surface area contributed by atoms with Gasteiger partial charge in [-0.1, -0.05) is 12.1 Å². The van der Waals surface area contributed by atoms with E-state index in [2.05, 4.69) is 22.2 Å². The molecule has 1 aromatic rings. The average Bonchev–Trinajstić information content (AvgIpc) is 2.63. The topological polar surface area (TPSA) is 54.0 Å². The van der Waals surface area contributed by atoms with E-state index in [0.29, 0.717) is 6.61 Å². The smallest absolute Gasteiger partial charge is 0.249 e. The third-order valence-electron chi connectivity index (χ3n) is 4.66. The minimum absolute atomic E-state index is 0.0651. The van der Waals surface area contributed by atoms with E-state index in [1.807, 2.05) is 31.2 Å². The second-order valence-electron chi connectivity index (χ2n) is 6.54. The molecule has 1 saturated heterocycles. The van der Waals surface area contributed by atoms with Crippen LogP contribution in [0.15, 0.2) is 24.3 Å². The molecule has 25 heavy (non-hydrogen) atoms. The second kappa shape index (κ2) is 9.75. The molecule has 0 aromatic heterocycles. The van der Waals surface area contributed by atoms with Gasteiger partial charge in [0.2, 0.25) is 5.91 Å². The second-order valence-corrected chi connectivity index (χ2v) is 6.54. The third-order valence-corrected chi connectivity index (χ3v) is 4.66. The van der Waals surface area contributed by atoms with Gasteiger partial charge in [-0.05, 0) is 38.6 Å². The lowest BCUT2D eigenvalue weighted by Gasteiger charge is -2.35. The number of hydrogen-bond acceptors (Lipinski definition) is 5. The molecule has 0 bridgehead atoms. The maximum atomic E-state index is 12.4. The van der Waals surface area contributed by atoms with Crippen LogP contribution in [0.5, 0.6) is 5.75 Å². The van der Waals surface area contributed by atoms with E-state index in [1.54, 1.807) is 14.0 Å². The minimum atomic E-state index is -0.446. The molecule has 0 unspecified atom stereocenters. The van der Waals surface area contributed by atoms with Crippen LogP contribution in [-0.2, 0) is 9.53 Å². The fourth-order valence-electron chi connectivity index (χ4n) is 2.97. The largest absolute Gasteiger partial charge is 0.497 e. The van der Waals surface area contributed by atoms with Crippen LogP contribution in [0, 0.1) is 0 Å². The Kier molecular flexibility index (Phi) is 7.68. The number of carbonyl (C=O) groups is 1. The van der Waals surface area contributed by atoms with Crippen LogP contribution >= 0.6 is 0 Å². The van der Waals surface area contributed by atoms with Crippen LogP contribution in [0.4, 0.5) is 0 Å². The van der Waals surface area contributed by atoms with Crippen LogP contribution < -0.4 is 10.1 Å². The fraction of sp³-hybridized carbons (Fsp3) is 0.632. The zero-order valence-electron chi connectivity index (χ0n) is 15.8. The molecule has 1 amide bonds. The van der Waals surface area contributed by atoms with Crippen LogP contribution in [0.3, 0.4) is 0 Å². The minimum Gasteiger partial charge on any atom is -0.497 e. The molecule has 1 aliphatic rings. The summed E-state index contributed by atoms with van der Waals surface area (Å²) >= 11 is 0. The van der Waals surface area contributed by atoms with Crippen LogP contribution in [0.2, 0.25) is 0 Å². The Morgan fingerprint density at radius 3 is 2.40 bits per heavy atom. The van der Waals surface area contributed by atoms with E-state index in [4.69, 9.17) is 9.47 Å². The van der Waals surface area contributed by atoms with Crippen molar-refractivity contribution in [2.45, 2.75) is 26.0 Å². The van der Waals surface area contributed by atoms with Gasteiger partial charge in [0, 0.05) is 39.3 Å². The summed E-state index contributed by atoms with van der Waals surface area (Å²) in [6.45, 7) is 9.15. The number of nitrogens with one attached hydrogen (secondary N) is 1. The summed E-state index contributed by atoms with van der Waals surface area (Å²) in [6, 6.07) is 7.84. The van der Waals surface area contributed by atoms with Crippen molar-refractivity contribution in [2.24, 2.45) is 0 Å². The molecule has 2 rings (SSSR count). The molecule has 1 heterocycles. The zero-order chi connectivity index (χ0) is 18.2. The van der Waals surface area contributed by atoms with E-state index < -0.39 is 6.10 Å². The average molecular weight is 349 g/mol. The Bertz CT molecular complexity index is 527.